The van der Waals surface area contributed by atoms with Crippen LogP contribution in [-0.2, 0) is 16.6 Å². The number of rotatable bonds is 4. The standard InChI is InChI=1S/C20H24N2O2S/c1-17-11-13-19(14-12-17)25(23,24)21-20-10-6-3-7-15-22(20)16-18-8-4-2-5-9-18/h2,4-5,8-9,11-14H,3,6-7,10,15-16H2,1H3/b21-20+. The van der Waals surface area contributed by atoms with Gasteiger partial charge in [-0.25, -0.2) is 0 Å². The van der Waals surface area contributed by atoms with E-state index in [4.69, 9.17) is 0 Å². The Bertz CT molecular complexity index is 828. The molecule has 1 saturated heterocycles. The minimum absolute atomic E-state index is 0.259. The molecule has 0 radical (unpaired) electrons. The molecule has 1 aliphatic rings. The second-order valence-corrected chi connectivity index (χ2v) is 8.12. The predicted molar refractivity (Wildman–Crippen MR) is 101 cm³/mol. The van der Waals surface area contributed by atoms with Crippen LogP contribution >= 0.6 is 0 Å². The van der Waals surface area contributed by atoms with Gasteiger partial charge < -0.3 is 4.90 Å². The minimum atomic E-state index is -3.67. The van der Waals surface area contributed by atoms with E-state index in [0.29, 0.717) is 18.8 Å². The maximum atomic E-state index is 12.7. The van der Waals surface area contributed by atoms with Crippen LogP contribution in [0, 0.1) is 6.92 Å². The van der Waals surface area contributed by atoms with Crippen LogP contribution in [0.15, 0.2) is 63.9 Å². The highest BCUT2D eigenvalue weighted by molar-refractivity contribution is 7.90. The van der Waals surface area contributed by atoms with Crippen molar-refractivity contribution in [2.75, 3.05) is 6.54 Å². The maximum Gasteiger partial charge on any atom is 0.283 e. The van der Waals surface area contributed by atoms with Crippen LogP contribution in [0.4, 0.5) is 0 Å². The number of hydrogen-bond donors (Lipinski definition) is 0. The van der Waals surface area contributed by atoms with Crippen LogP contribution < -0.4 is 0 Å². The van der Waals surface area contributed by atoms with Gasteiger partial charge in [0.1, 0.15) is 5.84 Å². The number of benzene rings is 2. The highest BCUT2D eigenvalue weighted by Gasteiger charge is 2.20. The predicted octanol–water partition coefficient (Wildman–Crippen LogP) is 4.16. The number of sulfonamides is 1. The molecule has 0 amide bonds. The summed E-state index contributed by atoms with van der Waals surface area (Å²) >= 11 is 0. The molecule has 4 nitrogen and oxygen atoms in total. The Morgan fingerprint density at radius 3 is 2.40 bits per heavy atom. The van der Waals surface area contributed by atoms with Gasteiger partial charge in [-0.15, -0.1) is 4.40 Å². The summed E-state index contributed by atoms with van der Waals surface area (Å²) in [6, 6.07) is 17.0. The molecule has 0 bridgehead atoms. The van der Waals surface area contributed by atoms with Crippen molar-refractivity contribution in [1.29, 1.82) is 0 Å². The van der Waals surface area contributed by atoms with Crippen molar-refractivity contribution in [2.24, 2.45) is 4.40 Å². The normalized spacial score (nSPS) is 17.5. The van der Waals surface area contributed by atoms with E-state index in [0.717, 1.165) is 31.4 Å². The summed E-state index contributed by atoms with van der Waals surface area (Å²) in [6.07, 6.45) is 3.86. The highest BCUT2D eigenvalue weighted by atomic mass is 32.2. The quantitative estimate of drug-likeness (QED) is 0.826. The van der Waals surface area contributed by atoms with Crippen molar-refractivity contribution < 1.29 is 8.42 Å². The Morgan fingerprint density at radius 2 is 1.68 bits per heavy atom. The molecule has 0 N–H and O–H groups in total. The monoisotopic (exact) mass is 356 g/mol. The van der Waals surface area contributed by atoms with Gasteiger partial charge >= 0.3 is 0 Å². The van der Waals surface area contributed by atoms with Gasteiger partial charge in [0.15, 0.2) is 0 Å². The Morgan fingerprint density at radius 1 is 0.960 bits per heavy atom. The van der Waals surface area contributed by atoms with Gasteiger partial charge in [-0.05, 0) is 37.5 Å². The molecule has 2 aromatic carbocycles. The van der Waals surface area contributed by atoms with E-state index >= 15 is 0 Å². The number of likely N-dealkylation sites (tertiary alicyclic amines) is 1. The van der Waals surface area contributed by atoms with E-state index in [9.17, 15) is 8.42 Å². The zero-order valence-electron chi connectivity index (χ0n) is 14.6. The highest BCUT2D eigenvalue weighted by Crippen LogP contribution is 2.20. The average molecular weight is 356 g/mol. The molecule has 1 fully saturated rings. The number of amidine groups is 1. The van der Waals surface area contributed by atoms with Crippen LogP contribution in [0.5, 0.6) is 0 Å². The van der Waals surface area contributed by atoms with Gasteiger partial charge in [-0.3, -0.25) is 0 Å². The summed E-state index contributed by atoms with van der Waals surface area (Å²) in [5, 5.41) is 0. The van der Waals surface area contributed by atoms with Crippen molar-refractivity contribution in [2.45, 2.75) is 44.0 Å². The van der Waals surface area contributed by atoms with Crippen LogP contribution in [0.2, 0.25) is 0 Å². The van der Waals surface area contributed by atoms with Gasteiger partial charge in [0.05, 0.1) is 4.90 Å². The van der Waals surface area contributed by atoms with Crippen molar-refractivity contribution in [1.82, 2.24) is 4.90 Å². The van der Waals surface area contributed by atoms with E-state index in [1.165, 1.54) is 5.56 Å². The summed E-state index contributed by atoms with van der Waals surface area (Å²) in [6.45, 7) is 3.48. The zero-order valence-corrected chi connectivity index (χ0v) is 15.4. The third-order valence-electron chi connectivity index (χ3n) is 4.45. The van der Waals surface area contributed by atoms with Crippen molar-refractivity contribution in [3.63, 3.8) is 0 Å². The van der Waals surface area contributed by atoms with Gasteiger partial charge in [0, 0.05) is 19.5 Å². The third-order valence-corrected chi connectivity index (χ3v) is 5.77. The smallest absolute Gasteiger partial charge is 0.283 e. The first kappa shape index (κ1) is 17.7. The van der Waals surface area contributed by atoms with Crippen molar-refractivity contribution in [3.8, 4) is 0 Å². The molecule has 0 saturated carbocycles. The van der Waals surface area contributed by atoms with E-state index in [-0.39, 0.29) is 4.90 Å². The first-order valence-corrected chi connectivity index (χ1v) is 10.2. The fourth-order valence-corrected chi connectivity index (χ4v) is 4.10. The Balaban J connectivity index is 1.89. The first-order valence-electron chi connectivity index (χ1n) is 8.74. The molecule has 132 valence electrons. The Hall–Kier alpha value is -2.14. The van der Waals surface area contributed by atoms with Gasteiger partial charge in [-0.2, -0.15) is 8.42 Å². The molecule has 0 unspecified atom stereocenters. The second kappa shape index (κ2) is 7.83. The molecule has 0 aromatic heterocycles. The number of nitrogens with zero attached hydrogens (tertiary/aromatic N) is 2. The lowest BCUT2D eigenvalue weighted by Gasteiger charge is -2.24. The van der Waals surface area contributed by atoms with Crippen LogP contribution in [0.1, 0.15) is 36.8 Å². The summed E-state index contributed by atoms with van der Waals surface area (Å²) in [5.41, 5.74) is 2.21. The molecule has 0 spiro atoms. The fourth-order valence-electron chi connectivity index (χ4n) is 3.03. The van der Waals surface area contributed by atoms with Crippen LogP contribution in [0.3, 0.4) is 0 Å². The van der Waals surface area contributed by atoms with Crippen LogP contribution in [0.25, 0.3) is 0 Å². The van der Waals surface area contributed by atoms with E-state index in [1.807, 2.05) is 37.3 Å². The molecule has 2 aromatic rings. The Labute approximate surface area is 150 Å². The molecule has 0 aliphatic carbocycles. The second-order valence-electron chi connectivity index (χ2n) is 6.51. The first-order chi connectivity index (χ1) is 12.0. The van der Waals surface area contributed by atoms with Crippen LogP contribution in [-0.4, -0.2) is 25.7 Å². The fraction of sp³-hybridized carbons (Fsp3) is 0.350. The van der Waals surface area contributed by atoms with Crippen molar-refractivity contribution in [3.05, 3.63) is 65.7 Å². The van der Waals surface area contributed by atoms with Gasteiger partial charge in [0.25, 0.3) is 10.0 Å². The summed E-state index contributed by atoms with van der Waals surface area (Å²) < 4.78 is 29.6. The van der Waals surface area contributed by atoms with E-state index < -0.39 is 10.0 Å². The molecule has 5 heteroatoms. The average Bonchev–Trinajstić information content (AvgIpc) is 2.81. The summed E-state index contributed by atoms with van der Waals surface area (Å²) in [5.74, 6) is 0.682. The van der Waals surface area contributed by atoms with Gasteiger partial charge in [0.2, 0.25) is 0 Å². The molecule has 1 heterocycles. The topological polar surface area (TPSA) is 49.7 Å². The zero-order chi connectivity index (χ0) is 17.7. The Kier molecular flexibility index (Phi) is 5.53. The molecule has 0 atom stereocenters. The number of hydrogen-bond acceptors (Lipinski definition) is 2. The summed E-state index contributed by atoms with van der Waals surface area (Å²) in [4.78, 5) is 2.38. The SMILES string of the molecule is Cc1ccc(S(=O)(=O)/N=C2\CCCCCN2Cc2ccccc2)cc1. The summed E-state index contributed by atoms with van der Waals surface area (Å²) in [7, 11) is -3.67. The lowest BCUT2D eigenvalue weighted by molar-refractivity contribution is 0.408. The molecule has 25 heavy (non-hydrogen) atoms. The maximum absolute atomic E-state index is 12.7. The lowest BCUT2D eigenvalue weighted by Crippen LogP contribution is -2.30. The molecular formula is C20H24N2O2S. The third kappa shape index (κ3) is 4.69. The van der Waals surface area contributed by atoms with E-state index in [2.05, 4.69) is 21.4 Å². The lowest BCUT2D eigenvalue weighted by atomic mass is 10.2. The molecule has 1 aliphatic heterocycles. The van der Waals surface area contributed by atoms with E-state index in [1.54, 1.807) is 12.1 Å². The van der Waals surface area contributed by atoms with Crippen molar-refractivity contribution >= 4 is 15.9 Å². The van der Waals surface area contributed by atoms with Gasteiger partial charge in [-0.1, -0.05) is 54.4 Å². The molecule has 3 rings (SSSR count). The minimum Gasteiger partial charge on any atom is -0.355 e. The molecular weight excluding hydrogens is 332 g/mol. The largest absolute Gasteiger partial charge is 0.355 e. The number of aryl methyl sites for hydroxylation is 1.